The fourth-order valence-corrected chi connectivity index (χ4v) is 3.80. The number of hydrogen-bond donors (Lipinski definition) is 2. The van der Waals surface area contributed by atoms with Gasteiger partial charge in [0, 0.05) is 24.0 Å². The monoisotopic (exact) mass is 375 g/mol. The second kappa shape index (κ2) is 7.39. The summed E-state index contributed by atoms with van der Waals surface area (Å²) >= 11 is 1.58. The van der Waals surface area contributed by atoms with Gasteiger partial charge in [-0.25, -0.2) is 0 Å². The maximum atomic E-state index is 6.02. The Kier molecular flexibility index (Phi) is 4.79. The molecule has 0 bridgehead atoms. The summed E-state index contributed by atoms with van der Waals surface area (Å²) < 4.78 is 5.94. The van der Waals surface area contributed by atoms with E-state index in [9.17, 15) is 0 Å². The predicted octanol–water partition coefficient (Wildman–Crippen LogP) is 4.89. The number of thiazole rings is 1. The van der Waals surface area contributed by atoms with Gasteiger partial charge in [-0.05, 0) is 64.7 Å². The Bertz CT molecular complexity index is 1090. The number of ether oxygens (including phenoxy) is 1. The number of hydrogen-bond acceptors (Lipinski definition) is 5. The van der Waals surface area contributed by atoms with E-state index in [1.54, 1.807) is 16.8 Å². The zero-order valence-corrected chi connectivity index (χ0v) is 15.9. The van der Waals surface area contributed by atoms with E-state index in [2.05, 4.69) is 42.2 Å². The van der Waals surface area contributed by atoms with Gasteiger partial charge in [0.05, 0.1) is 10.4 Å². The summed E-state index contributed by atoms with van der Waals surface area (Å²) in [6.07, 6.45) is 1.82. The van der Waals surface area contributed by atoms with Crippen LogP contribution in [0.5, 0.6) is 5.75 Å². The van der Waals surface area contributed by atoms with Gasteiger partial charge in [0.1, 0.15) is 12.4 Å². The second-order valence-electron chi connectivity index (χ2n) is 6.56. The molecule has 0 atom stereocenters. The van der Waals surface area contributed by atoms with Crippen LogP contribution in [0.1, 0.15) is 16.0 Å². The van der Waals surface area contributed by atoms with Crippen molar-refractivity contribution >= 4 is 27.8 Å². The van der Waals surface area contributed by atoms with Crippen LogP contribution >= 0.6 is 11.3 Å². The Morgan fingerprint density at radius 3 is 2.63 bits per heavy atom. The molecule has 136 valence electrons. The Balaban J connectivity index is 1.66. The lowest BCUT2D eigenvalue weighted by atomic mass is 9.97. The first kappa shape index (κ1) is 17.5. The van der Waals surface area contributed by atoms with E-state index in [1.807, 2.05) is 24.4 Å². The van der Waals surface area contributed by atoms with Gasteiger partial charge in [-0.1, -0.05) is 18.2 Å². The molecule has 0 aliphatic heterocycles. The van der Waals surface area contributed by atoms with Crippen LogP contribution in [0.4, 0.5) is 5.69 Å². The normalized spacial score (nSPS) is 11.0. The topological polar surface area (TPSA) is 74.2 Å². The molecule has 4 nitrogen and oxygen atoms in total. The van der Waals surface area contributed by atoms with Gasteiger partial charge in [-0.2, -0.15) is 0 Å². The highest BCUT2D eigenvalue weighted by molar-refractivity contribution is 7.09. The number of aryl methyl sites for hydroxylation is 1. The minimum Gasteiger partial charge on any atom is -0.488 e. The Morgan fingerprint density at radius 1 is 1.04 bits per heavy atom. The summed E-state index contributed by atoms with van der Waals surface area (Å²) in [5.74, 6) is 0.815. The van der Waals surface area contributed by atoms with Crippen LogP contribution < -0.4 is 16.2 Å². The first-order valence-electron chi connectivity index (χ1n) is 8.77. The van der Waals surface area contributed by atoms with Crippen molar-refractivity contribution in [1.82, 2.24) is 4.98 Å². The maximum Gasteiger partial charge on any atom is 0.124 e. The minimum absolute atomic E-state index is 0.422. The molecule has 4 N–H and O–H groups in total. The molecule has 4 rings (SSSR count). The van der Waals surface area contributed by atoms with Crippen LogP contribution in [-0.2, 0) is 13.2 Å². The van der Waals surface area contributed by atoms with E-state index in [0.29, 0.717) is 13.2 Å². The molecule has 0 radical (unpaired) electrons. The molecule has 0 amide bonds. The lowest BCUT2D eigenvalue weighted by Gasteiger charge is -2.13. The molecular weight excluding hydrogens is 354 g/mol. The molecule has 1 heterocycles. The van der Waals surface area contributed by atoms with Gasteiger partial charge in [-0.3, -0.25) is 4.98 Å². The molecule has 0 spiro atoms. The van der Waals surface area contributed by atoms with Crippen LogP contribution in [0.3, 0.4) is 0 Å². The van der Waals surface area contributed by atoms with Gasteiger partial charge in [0.2, 0.25) is 0 Å². The minimum atomic E-state index is 0.422. The zero-order chi connectivity index (χ0) is 18.8. The van der Waals surface area contributed by atoms with Gasteiger partial charge < -0.3 is 16.2 Å². The molecular formula is C22H21N3OS. The molecule has 1 aromatic heterocycles. The molecule has 0 saturated carbocycles. The van der Waals surface area contributed by atoms with Gasteiger partial charge >= 0.3 is 0 Å². The van der Waals surface area contributed by atoms with E-state index in [4.69, 9.17) is 16.2 Å². The SMILES string of the molecule is Cc1cc(N)cc2cc(-c3ccc(OCc4cncs4)c(CN)c3)ccc12. The van der Waals surface area contributed by atoms with Gasteiger partial charge in [-0.15, -0.1) is 11.3 Å². The molecule has 0 aliphatic carbocycles. The average molecular weight is 375 g/mol. The summed E-state index contributed by atoms with van der Waals surface area (Å²) in [5.41, 5.74) is 19.0. The number of nitrogens with zero attached hydrogens (tertiary/aromatic N) is 1. The fourth-order valence-electron chi connectivity index (χ4n) is 3.29. The average Bonchev–Trinajstić information content (AvgIpc) is 3.19. The van der Waals surface area contributed by atoms with Crippen LogP contribution in [-0.4, -0.2) is 4.98 Å². The third-order valence-corrected chi connectivity index (χ3v) is 5.40. The molecule has 4 aromatic rings. The van der Waals surface area contributed by atoms with E-state index in [0.717, 1.165) is 38.4 Å². The summed E-state index contributed by atoms with van der Waals surface area (Å²) in [6.45, 7) is 3.01. The molecule has 0 unspecified atom stereocenters. The smallest absolute Gasteiger partial charge is 0.124 e. The first-order chi connectivity index (χ1) is 13.1. The van der Waals surface area contributed by atoms with Crippen molar-refractivity contribution in [3.8, 4) is 16.9 Å². The van der Waals surface area contributed by atoms with Crippen molar-refractivity contribution < 1.29 is 4.74 Å². The fraction of sp³-hybridized carbons (Fsp3) is 0.136. The van der Waals surface area contributed by atoms with E-state index < -0.39 is 0 Å². The Labute approximate surface area is 162 Å². The van der Waals surface area contributed by atoms with Crippen molar-refractivity contribution in [3.63, 3.8) is 0 Å². The molecule has 0 saturated heterocycles. The number of rotatable bonds is 5. The van der Waals surface area contributed by atoms with Crippen molar-refractivity contribution in [3.05, 3.63) is 76.2 Å². The summed E-state index contributed by atoms with van der Waals surface area (Å²) in [6, 6.07) is 16.6. The third-order valence-electron chi connectivity index (χ3n) is 4.65. The molecule has 0 fully saturated rings. The molecule has 3 aromatic carbocycles. The third kappa shape index (κ3) is 3.65. The van der Waals surface area contributed by atoms with Gasteiger partial charge in [0.15, 0.2) is 0 Å². The number of anilines is 1. The Hall–Kier alpha value is -2.89. The maximum absolute atomic E-state index is 6.02. The largest absolute Gasteiger partial charge is 0.488 e. The van der Waals surface area contributed by atoms with Crippen molar-refractivity contribution in [2.24, 2.45) is 5.73 Å². The second-order valence-corrected chi connectivity index (χ2v) is 7.53. The van der Waals surface area contributed by atoms with Crippen LogP contribution in [0.15, 0.2) is 60.2 Å². The Morgan fingerprint density at radius 2 is 1.85 bits per heavy atom. The van der Waals surface area contributed by atoms with Crippen molar-refractivity contribution in [1.29, 1.82) is 0 Å². The summed E-state index contributed by atoms with van der Waals surface area (Å²) in [5, 5.41) is 2.36. The molecule has 5 heteroatoms. The highest BCUT2D eigenvalue weighted by Crippen LogP contribution is 2.31. The van der Waals surface area contributed by atoms with Crippen LogP contribution in [0.25, 0.3) is 21.9 Å². The standard InChI is InChI=1S/C22H21N3OS/c1-14-6-19(24)9-17-7-15(2-4-21(14)17)16-3-5-22(18(8-16)10-23)26-12-20-11-25-13-27-20/h2-9,11,13H,10,12,23-24H2,1H3. The van der Waals surface area contributed by atoms with Crippen molar-refractivity contribution in [2.75, 3.05) is 5.73 Å². The number of nitrogen functional groups attached to an aromatic ring is 1. The van der Waals surface area contributed by atoms with E-state index in [-0.39, 0.29) is 0 Å². The number of fused-ring (bicyclic) bond motifs is 1. The van der Waals surface area contributed by atoms with Crippen LogP contribution in [0, 0.1) is 6.92 Å². The predicted molar refractivity (Wildman–Crippen MR) is 113 cm³/mol. The lowest BCUT2D eigenvalue weighted by molar-refractivity contribution is 0.306. The first-order valence-corrected chi connectivity index (χ1v) is 9.65. The van der Waals surface area contributed by atoms with Crippen LogP contribution in [0.2, 0.25) is 0 Å². The number of benzene rings is 3. The van der Waals surface area contributed by atoms with E-state index >= 15 is 0 Å². The summed E-state index contributed by atoms with van der Waals surface area (Å²) in [4.78, 5) is 5.16. The summed E-state index contributed by atoms with van der Waals surface area (Å²) in [7, 11) is 0. The quantitative estimate of drug-likeness (QED) is 0.487. The van der Waals surface area contributed by atoms with Gasteiger partial charge in [0.25, 0.3) is 0 Å². The lowest BCUT2D eigenvalue weighted by Crippen LogP contribution is -2.02. The van der Waals surface area contributed by atoms with E-state index in [1.165, 1.54) is 10.9 Å². The highest BCUT2D eigenvalue weighted by Gasteiger charge is 2.08. The molecule has 0 aliphatic rings. The number of nitrogens with two attached hydrogens (primary N) is 2. The number of aromatic nitrogens is 1. The highest BCUT2D eigenvalue weighted by atomic mass is 32.1. The van der Waals surface area contributed by atoms with Crippen molar-refractivity contribution in [2.45, 2.75) is 20.1 Å². The molecule has 27 heavy (non-hydrogen) atoms. The zero-order valence-electron chi connectivity index (χ0n) is 15.1.